The minimum atomic E-state index is -3.31. The summed E-state index contributed by atoms with van der Waals surface area (Å²) in [5, 5.41) is 7.10. The second kappa shape index (κ2) is 6.94. The molecule has 0 saturated carbocycles. The molecule has 1 atom stereocenters. The van der Waals surface area contributed by atoms with Crippen LogP contribution in [0.5, 0.6) is 5.75 Å². The highest BCUT2D eigenvalue weighted by Crippen LogP contribution is 2.28. The van der Waals surface area contributed by atoms with Crippen molar-refractivity contribution in [1.82, 2.24) is 15.1 Å². The molecule has 0 spiro atoms. The van der Waals surface area contributed by atoms with Crippen LogP contribution in [0.3, 0.4) is 0 Å². The minimum Gasteiger partial charge on any atom is -0.495 e. The average molecular weight is 349 g/mol. The van der Waals surface area contributed by atoms with Crippen LogP contribution < -0.4 is 4.74 Å². The van der Waals surface area contributed by atoms with Crippen molar-refractivity contribution in [3.05, 3.63) is 41.7 Å². The number of hydrogen-bond donors (Lipinski definition) is 1. The van der Waals surface area contributed by atoms with E-state index in [-0.39, 0.29) is 4.90 Å². The summed E-state index contributed by atoms with van der Waals surface area (Å²) in [5.74, 6) is 0.851. The molecule has 24 heavy (non-hydrogen) atoms. The van der Waals surface area contributed by atoms with Gasteiger partial charge in [-0.05, 0) is 43.1 Å². The van der Waals surface area contributed by atoms with E-state index in [2.05, 4.69) is 15.1 Å². The van der Waals surface area contributed by atoms with Gasteiger partial charge in [0.15, 0.2) is 9.84 Å². The fourth-order valence-corrected chi connectivity index (χ4v) is 4.20. The van der Waals surface area contributed by atoms with Gasteiger partial charge in [-0.25, -0.2) is 8.42 Å². The lowest BCUT2D eigenvalue weighted by Gasteiger charge is -2.32. The van der Waals surface area contributed by atoms with Crippen LogP contribution in [-0.2, 0) is 16.4 Å². The number of likely N-dealkylation sites (tertiary alicyclic amines) is 1. The Hall–Kier alpha value is -1.86. The molecular weight excluding hydrogens is 326 g/mol. The molecule has 3 rings (SSSR count). The van der Waals surface area contributed by atoms with E-state index in [0.717, 1.165) is 38.0 Å². The van der Waals surface area contributed by atoms with Crippen molar-refractivity contribution in [1.29, 1.82) is 0 Å². The smallest absolute Gasteiger partial charge is 0.179 e. The largest absolute Gasteiger partial charge is 0.495 e. The SMILES string of the molecule is COc1ccc(CN2CCC[C@@H](c3ccn[nH]3)C2)cc1S(C)(=O)=O. The monoisotopic (exact) mass is 349 g/mol. The Morgan fingerprint density at radius 2 is 2.21 bits per heavy atom. The predicted octanol–water partition coefficient (Wildman–Crippen LogP) is 2.20. The zero-order chi connectivity index (χ0) is 17.2. The third kappa shape index (κ3) is 3.79. The number of nitrogens with zero attached hydrogens (tertiary/aromatic N) is 2. The molecule has 7 heteroatoms. The lowest BCUT2D eigenvalue weighted by Crippen LogP contribution is -2.34. The summed E-state index contributed by atoms with van der Waals surface area (Å²) >= 11 is 0. The highest BCUT2D eigenvalue weighted by Gasteiger charge is 2.23. The molecule has 1 aliphatic heterocycles. The Labute approximate surface area is 142 Å². The maximum Gasteiger partial charge on any atom is 0.179 e. The van der Waals surface area contributed by atoms with Crippen molar-refractivity contribution in [2.75, 3.05) is 26.5 Å². The molecule has 1 fully saturated rings. The van der Waals surface area contributed by atoms with Gasteiger partial charge < -0.3 is 4.74 Å². The molecule has 0 amide bonds. The van der Waals surface area contributed by atoms with Crippen molar-refractivity contribution in [3.63, 3.8) is 0 Å². The molecule has 1 aliphatic rings. The number of methoxy groups -OCH3 is 1. The topological polar surface area (TPSA) is 75.3 Å². The molecule has 0 bridgehead atoms. The molecule has 1 aromatic carbocycles. The summed E-state index contributed by atoms with van der Waals surface area (Å²) in [5.41, 5.74) is 2.16. The third-order valence-corrected chi connectivity index (χ3v) is 5.62. The molecule has 2 heterocycles. The second-order valence-corrected chi connectivity index (χ2v) is 8.33. The normalized spacial score (nSPS) is 19.3. The van der Waals surface area contributed by atoms with Gasteiger partial charge in [0.2, 0.25) is 0 Å². The lowest BCUT2D eigenvalue weighted by atomic mass is 9.94. The van der Waals surface area contributed by atoms with Crippen LogP contribution in [-0.4, -0.2) is 50.0 Å². The van der Waals surface area contributed by atoms with Gasteiger partial charge in [-0.2, -0.15) is 5.10 Å². The standard InChI is InChI=1S/C17H23N3O3S/c1-23-16-6-5-13(10-17(16)24(2,21)22)11-20-9-3-4-14(12-20)15-7-8-18-19-15/h5-8,10,14H,3-4,9,11-12H2,1-2H3,(H,18,19)/t14-/m1/s1. The summed E-state index contributed by atoms with van der Waals surface area (Å²) in [4.78, 5) is 2.62. The Bertz CT molecular complexity index is 787. The quantitative estimate of drug-likeness (QED) is 0.896. The molecule has 0 radical (unpaired) electrons. The van der Waals surface area contributed by atoms with Crippen LogP contribution >= 0.6 is 0 Å². The Kier molecular flexibility index (Phi) is 4.91. The van der Waals surface area contributed by atoms with Crippen LogP contribution in [0.1, 0.15) is 30.0 Å². The van der Waals surface area contributed by atoms with Gasteiger partial charge in [-0.15, -0.1) is 0 Å². The van der Waals surface area contributed by atoms with E-state index in [1.165, 1.54) is 19.1 Å². The van der Waals surface area contributed by atoms with Crippen LogP contribution in [0.4, 0.5) is 0 Å². The van der Waals surface area contributed by atoms with Crippen molar-refractivity contribution < 1.29 is 13.2 Å². The van der Waals surface area contributed by atoms with Gasteiger partial charge in [0.1, 0.15) is 10.6 Å². The van der Waals surface area contributed by atoms with E-state index in [4.69, 9.17) is 4.74 Å². The first-order valence-corrected chi connectivity index (χ1v) is 9.95. The third-order valence-electron chi connectivity index (χ3n) is 4.50. The number of nitrogens with one attached hydrogen (secondary N) is 1. The molecule has 0 unspecified atom stereocenters. The van der Waals surface area contributed by atoms with Gasteiger partial charge in [0.05, 0.1) is 7.11 Å². The average Bonchev–Trinajstić information content (AvgIpc) is 3.09. The predicted molar refractivity (Wildman–Crippen MR) is 91.9 cm³/mol. The maximum atomic E-state index is 12.0. The zero-order valence-corrected chi connectivity index (χ0v) is 14.8. The second-order valence-electron chi connectivity index (χ2n) is 6.34. The van der Waals surface area contributed by atoms with Crippen molar-refractivity contribution in [2.45, 2.75) is 30.2 Å². The number of rotatable bonds is 5. The maximum absolute atomic E-state index is 12.0. The summed E-state index contributed by atoms with van der Waals surface area (Å²) in [7, 11) is -1.82. The first-order valence-electron chi connectivity index (χ1n) is 8.06. The van der Waals surface area contributed by atoms with Crippen LogP contribution in [0.25, 0.3) is 0 Å². The first-order chi connectivity index (χ1) is 11.5. The van der Waals surface area contributed by atoms with E-state index in [9.17, 15) is 8.42 Å². The van der Waals surface area contributed by atoms with E-state index < -0.39 is 9.84 Å². The molecule has 0 aliphatic carbocycles. The zero-order valence-electron chi connectivity index (χ0n) is 14.0. The van der Waals surface area contributed by atoms with Gasteiger partial charge in [-0.3, -0.25) is 10.00 Å². The molecule has 1 aromatic heterocycles. The fourth-order valence-electron chi connectivity index (χ4n) is 3.31. The molecule has 1 saturated heterocycles. The highest BCUT2D eigenvalue weighted by atomic mass is 32.2. The number of hydrogen-bond acceptors (Lipinski definition) is 5. The number of piperidine rings is 1. The number of ether oxygens (including phenoxy) is 1. The van der Waals surface area contributed by atoms with Gasteiger partial charge in [-0.1, -0.05) is 6.07 Å². The van der Waals surface area contributed by atoms with E-state index in [1.54, 1.807) is 18.3 Å². The number of aromatic amines is 1. The van der Waals surface area contributed by atoms with Crippen LogP contribution in [0, 0.1) is 0 Å². The highest BCUT2D eigenvalue weighted by molar-refractivity contribution is 7.90. The molecule has 2 aromatic rings. The minimum absolute atomic E-state index is 0.254. The van der Waals surface area contributed by atoms with Gasteiger partial charge in [0.25, 0.3) is 0 Å². The van der Waals surface area contributed by atoms with Crippen molar-refractivity contribution in [2.24, 2.45) is 0 Å². The number of benzene rings is 1. The Balaban J connectivity index is 1.76. The molecule has 130 valence electrons. The summed E-state index contributed by atoms with van der Waals surface area (Å²) < 4.78 is 29.1. The lowest BCUT2D eigenvalue weighted by molar-refractivity contribution is 0.198. The number of sulfone groups is 1. The number of aromatic nitrogens is 2. The van der Waals surface area contributed by atoms with Crippen LogP contribution in [0.15, 0.2) is 35.4 Å². The van der Waals surface area contributed by atoms with Gasteiger partial charge in [0, 0.05) is 37.2 Å². The fraction of sp³-hybridized carbons (Fsp3) is 0.471. The molecule has 6 nitrogen and oxygen atoms in total. The molecule has 1 N–H and O–H groups in total. The van der Waals surface area contributed by atoms with Crippen molar-refractivity contribution >= 4 is 9.84 Å². The number of H-pyrrole nitrogens is 1. The van der Waals surface area contributed by atoms with Gasteiger partial charge >= 0.3 is 0 Å². The Morgan fingerprint density at radius 1 is 1.38 bits per heavy atom. The first kappa shape index (κ1) is 17.0. The molecular formula is C17H23N3O3S. The van der Waals surface area contributed by atoms with Crippen molar-refractivity contribution in [3.8, 4) is 5.75 Å². The Morgan fingerprint density at radius 3 is 2.88 bits per heavy atom. The van der Waals surface area contributed by atoms with E-state index >= 15 is 0 Å². The van der Waals surface area contributed by atoms with Crippen LogP contribution in [0.2, 0.25) is 0 Å². The van der Waals surface area contributed by atoms with E-state index in [1.807, 2.05) is 12.1 Å². The van der Waals surface area contributed by atoms with E-state index in [0.29, 0.717) is 11.7 Å². The summed E-state index contributed by atoms with van der Waals surface area (Å²) in [6.45, 7) is 2.70. The summed E-state index contributed by atoms with van der Waals surface area (Å²) in [6.07, 6.45) is 5.27. The summed E-state index contributed by atoms with van der Waals surface area (Å²) in [6, 6.07) is 7.44.